The van der Waals surface area contributed by atoms with E-state index < -0.39 is 0 Å². The average Bonchev–Trinajstić information content (AvgIpc) is 2.77. The van der Waals surface area contributed by atoms with Crippen molar-refractivity contribution in [1.82, 2.24) is 10.2 Å². The fourth-order valence-electron chi connectivity index (χ4n) is 1.49. The van der Waals surface area contributed by atoms with E-state index in [1.807, 2.05) is 6.92 Å². The molecular formula is C13H14FN3OS. The summed E-state index contributed by atoms with van der Waals surface area (Å²) in [7, 11) is 0. The first-order valence-electron chi connectivity index (χ1n) is 5.84. The molecule has 0 unspecified atom stereocenters. The van der Waals surface area contributed by atoms with E-state index in [2.05, 4.69) is 15.5 Å². The van der Waals surface area contributed by atoms with Crippen LogP contribution in [-0.2, 0) is 4.79 Å². The molecule has 0 spiro atoms. The topological polar surface area (TPSA) is 57.8 Å². The molecule has 0 bridgehead atoms. The zero-order valence-electron chi connectivity index (χ0n) is 10.4. The van der Waals surface area contributed by atoms with Crippen LogP contribution in [-0.4, -0.2) is 21.9 Å². The van der Waals surface area contributed by atoms with Crippen molar-refractivity contribution in [2.24, 2.45) is 0 Å². The minimum absolute atomic E-state index is 0.115. The molecule has 0 saturated heterocycles. The Hall–Kier alpha value is -1.82. The Morgan fingerprint density at radius 3 is 2.95 bits per heavy atom. The standard InChI is InChI=1S/C13H14FN3OS/c1-9-8-15-17-13(9)16-12(18)6-7-19-11-5-3-2-4-10(11)14/h2-5,8H,6-7H2,1H3,(H2,15,16,17,18). The summed E-state index contributed by atoms with van der Waals surface area (Å²) in [5.41, 5.74) is 0.884. The van der Waals surface area contributed by atoms with Gasteiger partial charge in [0.1, 0.15) is 11.6 Å². The normalized spacial score (nSPS) is 10.4. The second-order valence-electron chi connectivity index (χ2n) is 4.01. The molecule has 0 radical (unpaired) electrons. The summed E-state index contributed by atoms with van der Waals surface area (Å²) in [6.07, 6.45) is 1.96. The molecule has 0 aliphatic carbocycles. The maximum absolute atomic E-state index is 13.3. The van der Waals surface area contributed by atoms with Crippen LogP contribution >= 0.6 is 11.8 Å². The van der Waals surface area contributed by atoms with E-state index in [1.165, 1.54) is 17.8 Å². The number of carbonyl (C=O) groups excluding carboxylic acids is 1. The first-order chi connectivity index (χ1) is 9.16. The van der Waals surface area contributed by atoms with Crippen molar-refractivity contribution >= 4 is 23.5 Å². The van der Waals surface area contributed by atoms with E-state index in [0.717, 1.165) is 5.56 Å². The number of nitrogens with one attached hydrogen (secondary N) is 2. The minimum Gasteiger partial charge on any atom is -0.311 e. The van der Waals surface area contributed by atoms with Gasteiger partial charge in [-0.2, -0.15) is 5.10 Å². The summed E-state index contributed by atoms with van der Waals surface area (Å²) >= 11 is 1.33. The Kier molecular flexibility index (Phi) is 4.57. The van der Waals surface area contributed by atoms with Crippen LogP contribution in [0.5, 0.6) is 0 Å². The highest BCUT2D eigenvalue weighted by Gasteiger charge is 2.07. The van der Waals surface area contributed by atoms with Gasteiger partial charge >= 0.3 is 0 Å². The first kappa shape index (κ1) is 13.6. The molecule has 1 aromatic carbocycles. The number of anilines is 1. The van der Waals surface area contributed by atoms with Gasteiger partial charge in [0.15, 0.2) is 0 Å². The number of carbonyl (C=O) groups is 1. The minimum atomic E-state index is -0.252. The molecule has 2 aromatic rings. The molecule has 0 atom stereocenters. The van der Waals surface area contributed by atoms with Gasteiger partial charge < -0.3 is 5.32 Å². The predicted molar refractivity (Wildman–Crippen MR) is 73.7 cm³/mol. The van der Waals surface area contributed by atoms with Crippen molar-refractivity contribution in [3.8, 4) is 0 Å². The average molecular weight is 279 g/mol. The Morgan fingerprint density at radius 2 is 2.26 bits per heavy atom. The molecule has 2 N–H and O–H groups in total. The van der Waals surface area contributed by atoms with Crippen molar-refractivity contribution in [1.29, 1.82) is 0 Å². The highest BCUT2D eigenvalue weighted by atomic mass is 32.2. The Labute approximate surface area is 114 Å². The van der Waals surface area contributed by atoms with E-state index in [0.29, 0.717) is 22.9 Å². The van der Waals surface area contributed by atoms with Crippen molar-refractivity contribution in [3.63, 3.8) is 0 Å². The summed E-state index contributed by atoms with van der Waals surface area (Å²) in [6.45, 7) is 1.85. The summed E-state index contributed by atoms with van der Waals surface area (Å²) in [6, 6.07) is 6.54. The van der Waals surface area contributed by atoms with Crippen LogP contribution in [0.15, 0.2) is 35.4 Å². The maximum Gasteiger partial charge on any atom is 0.226 e. The SMILES string of the molecule is Cc1cn[nH]c1NC(=O)CCSc1ccccc1F. The van der Waals surface area contributed by atoms with Gasteiger partial charge in [-0.05, 0) is 19.1 Å². The van der Waals surface area contributed by atoms with Crippen LogP contribution in [0.1, 0.15) is 12.0 Å². The first-order valence-corrected chi connectivity index (χ1v) is 6.82. The van der Waals surface area contributed by atoms with Crippen LogP contribution in [0.2, 0.25) is 0 Å². The second kappa shape index (κ2) is 6.38. The number of halogens is 1. The lowest BCUT2D eigenvalue weighted by Gasteiger charge is -2.04. The number of aromatic nitrogens is 2. The Balaban J connectivity index is 1.79. The van der Waals surface area contributed by atoms with Gasteiger partial charge in [0.2, 0.25) is 5.91 Å². The van der Waals surface area contributed by atoms with E-state index in [1.54, 1.807) is 24.4 Å². The van der Waals surface area contributed by atoms with E-state index in [4.69, 9.17) is 0 Å². The summed E-state index contributed by atoms with van der Waals surface area (Å²) in [5, 5.41) is 9.25. The molecule has 0 aliphatic heterocycles. The number of amides is 1. The largest absolute Gasteiger partial charge is 0.311 e. The number of aromatic amines is 1. The molecule has 1 amide bonds. The van der Waals surface area contributed by atoms with Gasteiger partial charge in [0.05, 0.1) is 6.20 Å². The number of H-pyrrole nitrogens is 1. The van der Waals surface area contributed by atoms with Gasteiger partial charge in [-0.3, -0.25) is 9.89 Å². The molecule has 19 heavy (non-hydrogen) atoms. The van der Waals surface area contributed by atoms with E-state index >= 15 is 0 Å². The zero-order valence-corrected chi connectivity index (χ0v) is 11.3. The number of hydrogen-bond donors (Lipinski definition) is 2. The van der Waals surface area contributed by atoms with Crippen molar-refractivity contribution in [3.05, 3.63) is 41.8 Å². The molecule has 0 fully saturated rings. The van der Waals surface area contributed by atoms with Crippen LogP contribution in [0, 0.1) is 12.7 Å². The smallest absolute Gasteiger partial charge is 0.226 e. The van der Waals surface area contributed by atoms with Gasteiger partial charge in [0.25, 0.3) is 0 Å². The van der Waals surface area contributed by atoms with E-state index in [9.17, 15) is 9.18 Å². The number of thioether (sulfide) groups is 1. The van der Waals surface area contributed by atoms with Crippen LogP contribution in [0.4, 0.5) is 10.2 Å². The number of hydrogen-bond acceptors (Lipinski definition) is 3. The molecule has 1 heterocycles. The Bertz CT molecular complexity index is 571. The fourth-order valence-corrected chi connectivity index (χ4v) is 2.38. The van der Waals surface area contributed by atoms with Crippen molar-refractivity contribution in [2.45, 2.75) is 18.2 Å². The van der Waals surface area contributed by atoms with E-state index in [-0.39, 0.29) is 11.7 Å². The molecule has 4 nitrogen and oxygen atoms in total. The number of aryl methyl sites for hydroxylation is 1. The van der Waals surface area contributed by atoms with Crippen molar-refractivity contribution < 1.29 is 9.18 Å². The van der Waals surface area contributed by atoms with Gasteiger partial charge in [-0.1, -0.05) is 12.1 Å². The lowest BCUT2D eigenvalue weighted by atomic mass is 10.3. The summed E-state index contributed by atoms with van der Waals surface area (Å²) in [4.78, 5) is 12.2. The number of rotatable bonds is 5. The molecule has 0 aliphatic rings. The third-order valence-corrected chi connectivity index (χ3v) is 3.57. The highest BCUT2D eigenvalue weighted by Crippen LogP contribution is 2.21. The Morgan fingerprint density at radius 1 is 1.47 bits per heavy atom. The lowest BCUT2D eigenvalue weighted by molar-refractivity contribution is -0.115. The van der Waals surface area contributed by atoms with Crippen LogP contribution in [0.25, 0.3) is 0 Å². The number of nitrogens with zero attached hydrogens (tertiary/aromatic N) is 1. The van der Waals surface area contributed by atoms with Crippen LogP contribution in [0.3, 0.4) is 0 Å². The van der Waals surface area contributed by atoms with Gasteiger partial charge in [0, 0.05) is 22.6 Å². The molecule has 100 valence electrons. The molecule has 6 heteroatoms. The van der Waals surface area contributed by atoms with Crippen LogP contribution < -0.4 is 5.32 Å². The number of benzene rings is 1. The van der Waals surface area contributed by atoms with Crippen molar-refractivity contribution in [2.75, 3.05) is 11.1 Å². The molecular weight excluding hydrogens is 265 g/mol. The molecule has 1 aromatic heterocycles. The van der Waals surface area contributed by atoms with Gasteiger partial charge in [-0.15, -0.1) is 11.8 Å². The van der Waals surface area contributed by atoms with Gasteiger partial charge in [-0.25, -0.2) is 4.39 Å². The third-order valence-electron chi connectivity index (χ3n) is 2.52. The lowest BCUT2D eigenvalue weighted by Crippen LogP contribution is -2.13. The third kappa shape index (κ3) is 3.82. The predicted octanol–water partition coefficient (Wildman–Crippen LogP) is 2.98. The summed E-state index contributed by atoms with van der Waals surface area (Å²) in [5.74, 6) is 0.773. The highest BCUT2D eigenvalue weighted by molar-refractivity contribution is 7.99. The molecule has 2 rings (SSSR count). The maximum atomic E-state index is 13.3. The zero-order chi connectivity index (χ0) is 13.7. The molecule has 0 saturated carbocycles. The quantitative estimate of drug-likeness (QED) is 0.827. The fraction of sp³-hybridized carbons (Fsp3) is 0.231. The monoisotopic (exact) mass is 279 g/mol. The second-order valence-corrected chi connectivity index (χ2v) is 5.14. The summed E-state index contributed by atoms with van der Waals surface area (Å²) < 4.78 is 13.3.